The summed E-state index contributed by atoms with van der Waals surface area (Å²) in [6, 6.07) is 18.3. The van der Waals surface area contributed by atoms with Crippen molar-refractivity contribution in [3.63, 3.8) is 0 Å². The first kappa shape index (κ1) is 12.6. The summed E-state index contributed by atoms with van der Waals surface area (Å²) in [5, 5.41) is 0. The van der Waals surface area contributed by atoms with Crippen LogP contribution in [0.1, 0.15) is 5.56 Å². The summed E-state index contributed by atoms with van der Waals surface area (Å²) in [6.45, 7) is 0. The lowest BCUT2D eigenvalue weighted by molar-refractivity contribution is 0.593. The molecule has 0 aromatic heterocycles. The zero-order chi connectivity index (χ0) is 13.0. The Labute approximate surface area is 108 Å². The number of hydrogen-bond donors (Lipinski definition) is 0. The minimum absolute atomic E-state index is 0.0131. The molecule has 18 heavy (non-hydrogen) atoms. The molecule has 2 aromatic carbocycles. The third kappa shape index (κ3) is 2.90. The smallest absolute Gasteiger partial charge is 0.239 e. The van der Waals surface area contributed by atoms with Crippen LogP contribution in [0.15, 0.2) is 60.7 Å². The molecule has 0 N–H and O–H groups in total. The summed E-state index contributed by atoms with van der Waals surface area (Å²) < 4.78 is 25.8. The van der Waals surface area contributed by atoms with Crippen LogP contribution in [0.25, 0.3) is 0 Å². The third-order valence-corrected chi connectivity index (χ3v) is 4.47. The van der Waals surface area contributed by atoms with Crippen LogP contribution in [-0.2, 0) is 15.8 Å². The minimum Gasteiger partial charge on any atom is -0.273 e. The number of hydrogen-bond acceptors (Lipinski definition) is 2. The molecule has 0 saturated carbocycles. The highest BCUT2D eigenvalue weighted by atomic mass is 32.2. The van der Waals surface area contributed by atoms with Crippen LogP contribution in [0.2, 0.25) is 0 Å². The second-order valence-electron chi connectivity index (χ2n) is 4.04. The van der Waals surface area contributed by atoms with Gasteiger partial charge in [0.05, 0.1) is 11.4 Å². The molecule has 94 valence electrons. The van der Waals surface area contributed by atoms with Crippen molar-refractivity contribution in [1.82, 2.24) is 0 Å². The van der Waals surface area contributed by atoms with Gasteiger partial charge in [0.25, 0.3) is 0 Å². The summed E-state index contributed by atoms with van der Waals surface area (Å²) in [5.74, 6) is 0.0131. The second-order valence-corrected chi connectivity index (χ2v) is 6.05. The van der Waals surface area contributed by atoms with Gasteiger partial charge < -0.3 is 0 Å². The zero-order valence-corrected chi connectivity index (χ0v) is 11.0. The van der Waals surface area contributed by atoms with Crippen molar-refractivity contribution in [2.75, 3.05) is 11.4 Å². The van der Waals surface area contributed by atoms with E-state index in [1.807, 2.05) is 48.5 Å². The summed E-state index contributed by atoms with van der Waals surface area (Å²) in [6.07, 6.45) is 0. The predicted molar refractivity (Wildman–Crippen MR) is 73.9 cm³/mol. The van der Waals surface area contributed by atoms with E-state index in [9.17, 15) is 8.42 Å². The lowest BCUT2D eigenvalue weighted by Crippen LogP contribution is -2.27. The SMILES string of the molecule is CN(c1ccccc1)S(=O)(=O)Cc1ccccc1. The van der Waals surface area contributed by atoms with Gasteiger partial charge in [0.1, 0.15) is 0 Å². The average molecular weight is 261 g/mol. The van der Waals surface area contributed by atoms with Crippen molar-refractivity contribution < 1.29 is 8.42 Å². The number of sulfonamides is 1. The summed E-state index contributed by atoms with van der Waals surface area (Å²) >= 11 is 0. The highest BCUT2D eigenvalue weighted by Crippen LogP contribution is 2.18. The van der Waals surface area contributed by atoms with Crippen molar-refractivity contribution in [2.24, 2.45) is 0 Å². The zero-order valence-electron chi connectivity index (χ0n) is 10.2. The first-order chi connectivity index (χ1) is 8.59. The normalized spacial score (nSPS) is 11.2. The van der Waals surface area contributed by atoms with Gasteiger partial charge in [-0.3, -0.25) is 4.31 Å². The minimum atomic E-state index is -3.33. The number of anilines is 1. The number of nitrogens with zero attached hydrogens (tertiary/aromatic N) is 1. The highest BCUT2D eigenvalue weighted by Gasteiger charge is 2.18. The maximum atomic E-state index is 12.2. The summed E-state index contributed by atoms with van der Waals surface area (Å²) in [4.78, 5) is 0. The van der Waals surface area contributed by atoms with Gasteiger partial charge in [-0.15, -0.1) is 0 Å². The maximum Gasteiger partial charge on any atom is 0.239 e. The molecular weight excluding hydrogens is 246 g/mol. The van der Waals surface area contributed by atoms with Crippen molar-refractivity contribution in [2.45, 2.75) is 5.75 Å². The first-order valence-electron chi connectivity index (χ1n) is 5.65. The fraction of sp³-hybridized carbons (Fsp3) is 0.143. The van der Waals surface area contributed by atoms with E-state index in [1.54, 1.807) is 19.2 Å². The van der Waals surface area contributed by atoms with Gasteiger partial charge >= 0.3 is 0 Å². The van der Waals surface area contributed by atoms with E-state index in [0.29, 0.717) is 5.69 Å². The average Bonchev–Trinajstić information content (AvgIpc) is 2.39. The van der Waals surface area contributed by atoms with Crippen LogP contribution >= 0.6 is 0 Å². The molecule has 0 aliphatic heterocycles. The van der Waals surface area contributed by atoms with Gasteiger partial charge in [0.15, 0.2) is 0 Å². The van der Waals surface area contributed by atoms with E-state index >= 15 is 0 Å². The van der Waals surface area contributed by atoms with Gasteiger partial charge in [-0.2, -0.15) is 0 Å². The highest BCUT2D eigenvalue weighted by molar-refractivity contribution is 7.92. The predicted octanol–water partition coefficient (Wildman–Crippen LogP) is 2.65. The fourth-order valence-corrected chi connectivity index (χ4v) is 2.93. The van der Waals surface area contributed by atoms with E-state index in [2.05, 4.69) is 0 Å². The molecule has 0 aliphatic carbocycles. The van der Waals surface area contributed by atoms with Gasteiger partial charge in [0.2, 0.25) is 10.0 Å². The van der Waals surface area contributed by atoms with E-state index in [4.69, 9.17) is 0 Å². The van der Waals surface area contributed by atoms with Crippen molar-refractivity contribution in [3.05, 3.63) is 66.2 Å². The number of rotatable bonds is 4. The van der Waals surface area contributed by atoms with Crippen molar-refractivity contribution >= 4 is 15.7 Å². The Morgan fingerprint density at radius 2 is 1.39 bits per heavy atom. The fourth-order valence-electron chi connectivity index (χ4n) is 1.68. The molecule has 2 rings (SSSR count). The topological polar surface area (TPSA) is 37.4 Å². The molecule has 0 saturated heterocycles. The quantitative estimate of drug-likeness (QED) is 0.848. The van der Waals surface area contributed by atoms with Gasteiger partial charge in [-0.05, 0) is 17.7 Å². The van der Waals surface area contributed by atoms with Crippen LogP contribution in [-0.4, -0.2) is 15.5 Å². The molecule has 0 atom stereocenters. The third-order valence-electron chi connectivity index (χ3n) is 2.73. The van der Waals surface area contributed by atoms with Crippen LogP contribution in [0.3, 0.4) is 0 Å². The van der Waals surface area contributed by atoms with Crippen LogP contribution < -0.4 is 4.31 Å². The Morgan fingerprint density at radius 3 is 1.94 bits per heavy atom. The molecule has 0 spiro atoms. The van der Waals surface area contributed by atoms with E-state index in [0.717, 1.165) is 5.56 Å². The Hall–Kier alpha value is -1.81. The van der Waals surface area contributed by atoms with Crippen molar-refractivity contribution in [3.8, 4) is 0 Å². The van der Waals surface area contributed by atoms with E-state index in [-0.39, 0.29) is 5.75 Å². The van der Waals surface area contributed by atoms with Crippen LogP contribution in [0.4, 0.5) is 5.69 Å². The Kier molecular flexibility index (Phi) is 3.67. The first-order valence-corrected chi connectivity index (χ1v) is 7.26. The molecule has 0 heterocycles. The van der Waals surface area contributed by atoms with Gasteiger partial charge in [-0.1, -0.05) is 48.5 Å². The monoisotopic (exact) mass is 261 g/mol. The molecule has 0 unspecified atom stereocenters. The van der Waals surface area contributed by atoms with E-state index in [1.165, 1.54) is 4.31 Å². The Bertz CT molecular complexity index is 594. The Balaban J connectivity index is 2.22. The molecule has 0 aliphatic rings. The Morgan fingerprint density at radius 1 is 0.889 bits per heavy atom. The molecule has 0 bridgehead atoms. The summed E-state index contributed by atoms with van der Waals surface area (Å²) in [7, 11) is -1.76. The van der Waals surface area contributed by atoms with Crippen molar-refractivity contribution in [1.29, 1.82) is 0 Å². The second kappa shape index (κ2) is 5.23. The van der Waals surface area contributed by atoms with Crippen LogP contribution in [0, 0.1) is 0 Å². The standard InChI is InChI=1S/C14H15NO2S/c1-15(14-10-6-3-7-11-14)18(16,17)12-13-8-4-2-5-9-13/h2-11H,12H2,1H3. The largest absolute Gasteiger partial charge is 0.273 e. The lowest BCUT2D eigenvalue weighted by Gasteiger charge is -2.19. The van der Waals surface area contributed by atoms with Crippen LogP contribution in [0.5, 0.6) is 0 Å². The summed E-state index contributed by atoms with van der Waals surface area (Å²) in [5.41, 5.74) is 1.47. The molecule has 0 fully saturated rings. The number of benzene rings is 2. The maximum absolute atomic E-state index is 12.2. The van der Waals surface area contributed by atoms with E-state index < -0.39 is 10.0 Å². The molecule has 2 aromatic rings. The molecule has 4 heteroatoms. The van der Waals surface area contributed by atoms with Gasteiger partial charge in [0, 0.05) is 7.05 Å². The van der Waals surface area contributed by atoms with Gasteiger partial charge in [-0.25, -0.2) is 8.42 Å². The molecule has 3 nitrogen and oxygen atoms in total. The number of para-hydroxylation sites is 1. The molecule has 0 amide bonds. The molecular formula is C14H15NO2S. The molecule has 0 radical (unpaired) electrons. The lowest BCUT2D eigenvalue weighted by atomic mass is 10.2.